The molecule has 0 amide bonds. The monoisotopic (exact) mass is 422 g/mol. The molecular formula is C24H31FN6. The lowest BCUT2D eigenvalue weighted by molar-refractivity contribution is 0.248. The molecule has 31 heavy (non-hydrogen) atoms. The van der Waals surface area contributed by atoms with Crippen LogP contribution in [0.5, 0.6) is 0 Å². The molecule has 0 bridgehead atoms. The van der Waals surface area contributed by atoms with Crippen molar-refractivity contribution < 1.29 is 4.39 Å². The van der Waals surface area contributed by atoms with Crippen molar-refractivity contribution in [3.63, 3.8) is 0 Å². The maximum atomic E-state index is 13.3. The summed E-state index contributed by atoms with van der Waals surface area (Å²) in [5.74, 6) is 1.20. The van der Waals surface area contributed by atoms with Crippen LogP contribution in [0, 0.1) is 25.6 Å². The minimum absolute atomic E-state index is 0.245. The SMILES string of the molecule is Cc1nn(CC(C)C)c(C)c1CN1CCN(c2nccnc2-c2ccc(F)cc2)CC1. The van der Waals surface area contributed by atoms with Gasteiger partial charge in [-0.2, -0.15) is 5.10 Å². The van der Waals surface area contributed by atoms with E-state index in [4.69, 9.17) is 5.10 Å². The molecule has 4 rings (SSSR count). The lowest BCUT2D eigenvalue weighted by Gasteiger charge is -2.36. The summed E-state index contributed by atoms with van der Waals surface area (Å²) in [7, 11) is 0. The van der Waals surface area contributed by atoms with E-state index in [-0.39, 0.29) is 5.82 Å². The van der Waals surface area contributed by atoms with Crippen LogP contribution in [0.2, 0.25) is 0 Å². The molecule has 3 aromatic rings. The first-order valence-electron chi connectivity index (χ1n) is 11.0. The predicted octanol–water partition coefficient (Wildman–Crippen LogP) is 4.07. The van der Waals surface area contributed by atoms with Gasteiger partial charge in [0.05, 0.1) is 5.69 Å². The molecule has 3 heterocycles. The van der Waals surface area contributed by atoms with Gasteiger partial charge in [-0.1, -0.05) is 13.8 Å². The van der Waals surface area contributed by atoms with E-state index >= 15 is 0 Å². The molecule has 1 aliphatic rings. The van der Waals surface area contributed by atoms with Gasteiger partial charge < -0.3 is 4.90 Å². The number of aromatic nitrogens is 4. The highest BCUT2D eigenvalue weighted by Crippen LogP contribution is 2.28. The van der Waals surface area contributed by atoms with Crippen molar-refractivity contribution in [2.45, 2.75) is 40.8 Å². The minimum atomic E-state index is -0.245. The van der Waals surface area contributed by atoms with Crippen molar-refractivity contribution >= 4 is 5.82 Å². The van der Waals surface area contributed by atoms with E-state index in [1.807, 2.05) is 0 Å². The van der Waals surface area contributed by atoms with E-state index in [0.29, 0.717) is 5.92 Å². The van der Waals surface area contributed by atoms with Crippen LogP contribution < -0.4 is 4.90 Å². The van der Waals surface area contributed by atoms with E-state index in [2.05, 4.69) is 52.1 Å². The largest absolute Gasteiger partial charge is 0.352 e. The zero-order chi connectivity index (χ0) is 22.0. The molecule has 0 saturated carbocycles. The van der Waals surface area contributed by atoms with Gasteiger partial charge in [0.2, 0.25) is 0 Å². The normalized spacial score (nSPS) is 15.1. The van der Waals surface area contributed by atoms with Crippen molar-refractivity contribution in [3.8, 4) is 11.3 Å². The standard InChI is InChI=1S/C24H31FN6/c1-17(2)15-31-19(4)22(18(3)28-31)16-29-11-13-30(14-12-29)24-23(26-9-10-27-24)20-5-7-21(25)8-6-20/h5-10,17H,11-16H2,1-4H3. The van der Waals surface area contributed by atoms with Gasteiger partial charge in [0, 0.05) is 68.5 Å². The predicted molar refractivity (Wildman–Crippen MR) is 121 cm³/mol. The molecule has 7 heteroatoms. The Hall–Kier alpha value is -2.80. The maximum absolute atomic E-state index is 13.3. The first kappa shape index (κ1) is 21.4. The van der Waals surface area contributed by atoms with Gasteiger partial charge in [-0.05, 0) is 44.0 Å². The molecule has 6 nitrogen and oxygen atoms in total. The zero-order valence-electron chi connectivity index (χ0n) is 18.8. The van der Waals surface area contributed by atoms with Crippen LogP contribution in [0.4, 0.5) is 10.2 Å². The van der Waals surface area contributed by atoms with Gasteiger partial charge >= 0.3 is 0 Å². The molecule has 1 saturated heterocycles. The Labute approximate surface area is 183 Å². The number of anilines is 1. The molecule has 1 aromatic carbocycles. The highest BCUT2D eigenvalue weighted by Gasteiger charge is 2.23. The van der Waals surface area contributed by atoms with Gasteiger partial charge in [0.25, 0.3) is 0 Å². The van der Waals surface area contributed by atoms with Crippen LogP contribution >= 0.6 is 0 Å². The van der Waals surface area contributed by atoms with Crippen molar-refractivity contribution in [2.75, 3.05) is 31.1 Å². The Balaban J connectivity index is 1.45. The minimum Gasteiger partial charge on any atom is -0.352 e. The molecule has 1 fully saturated rings. The third kappa shape index (κ3) is 4.77. The van der Waals surface area contributed by atoms with Gasteiger partial charge in [-0.3, -0.25) is 14.6 Å². The average molecular weight is 423 g/mol. The van der Waals surface area contributed by atoms with E-state index in [0.717, 1.165) is 62.0 Å². The van der Waals surface area contributed by atoms with Crippen LogP contribution in [0.25, 0.3) is 11.3 Å². The molecular weight excluding hydrogens is 391 g/mol. The van der Waals surface area contributed by atoms with Crippen molar-refractivity contribution in [1.82, 2.24) is 24.6 Å². The lowest BCUT2D eigenvalue weighted by Crippen LogP contribution is -2.46. The van der Waals surface area contributed by atoms with Crippen molar-refractivity contribution in [3.05, 3.63) is 59.4 Å². The highest BCUT2D eigenvalue weighted by molar-refractivity contribution is 5.72. The number of benzene rings is 1. The summed E-state index contributed by atoms with van der Waals surface area (Å²) in [6.07, 6.45) is 3.42. The summed E-state index contributed by atoms with van der Waals surface area (Å²) >= 11 is 0. The molecule has 0 N–H and O–H groups in total. The van der Waals surface area contributed by atoms with E-state index in [1.54, 1.807) is 24.5 Å². The molecule has 1 aliphatic heterocycles. The quantitative estimate of drug-likeness (QED) is 0.599. The number of piperazine rings is 1. The van der Waals surface area contributed by atoms with Crippen molar-refractivity contribution in [2.24, 2.45) is 5.92 Å². The molecule has 0 atom stereocenters. The summed E-state index contributed by atoms with van der Waals surface area (Å²) in [5.41, 5.74) is 5.45. The summed E-state index contributed by atoms with van der Waals surface area (Å²) in [5, 5.41) is 4.76. The van der Waals surface area contributed by atoms with Gasteiger partial charge in [-0.15, -0.1) is 0 Å². The number of nitrogens with zero attached hydrogens (tertiary/aromatic N) is 6. The van der Waals surface area contributed by atoms with E-state index < -0.39 is 0 Å². The van der Waals surface area contributed by atoms with Gasteiger partial charge in [-0.25, -0.2) is 9.37 Å². The molecule has 2 aromatic heterocycles. The Bertz CT molecular complexity index is 1020. The second kappa shape index (κ2) is 9.14. The van der Waals surface area contributed by atoms with Crippen molar-refractivity contribution in [1.29, 1.82) is 0 Å². The highest BCUT2D eigenvalue weighted by atomic mass is 19.1. The molecule has 0 radical (unpaired) electrons. The number of halogens is 1. The Morgan fingerprint density at radius 3 is 2.32 bits per heavy atom. The summed E-state index contributed by atoms with van der Waals surface area (Å²) in [6.45, 7) is 14.3. The fourth-order valence-corrected chi connectivity index (χ4v) is 4.20. The Morgan fingerprint density at radius 1 is 0.968 bits per heavy atom. The fraction of sp³-hybridized carbons (Fsp3) is 0.458. The topological polar surface area (TPSA) is 50.1 Å². The zero-order valence-corrected chi connectivity index (χ0v) is 18.8. The smallest absolute Gasteiger partial charge is 0.155 e. The lowest BCUT2D eigenvalue weighted by atomic mass is 10.1. The number of hydrogen-bond donors (Lipinski definition) is 0. The number of rotatable bonds is 6. The second-order valence-electron chi connectivity index (χ2n) is 8.72. The summed E-state index contributed by atoms with van der Waals surface area (Å²) < 4.78 is 15.5. The average Bonchev–Trinajstić information content (AvgIpc) is 3.02. The van der Waals surface area contributed by atoms with Crippen LogP contribution in [-0.2, 0) is 13.1 Å². The summed E-state index contributed by atoms with van der Waals surface area (Å²) in [6, 6.07) is 6.46. The van der Waals surface area contributed by atoms with Crippen LogP contribution in [0.15, 0.2) is 36.7 Å². The first-order valence-corrected chi connectivity index (χ1v) is 11.0. The van der Waals surface area contributed by atoms with Gasteiger partial charge in [0.1, 0.15) is 11.5 Å². The number of hydrogen-bond acceptors (Lipinski definition) is 5. The Kier molecular flexibility index (Phi) is 6.32. The molecule has 0 unspecified atom stereocenters. The van der Waals surface area contributed by atoms with Crippen LogP contribution in [-0.4, -0.2) is 50.8 Å². The molecule has 0 spiro atoms. The molecule has 164 valence electrons. The second-order valence-corrected chi connectivity index (χ2v) is 8.72. The third-order valence-electron chi connectivity index (χ3n) is 5.92. The Morgan fingerprint density at radius 2 is 1.65 bits per heavy atom. The first-order chi connectivity index (χ1) is 14.9. The number of aryl methyl sites for hydroxylation is 1. The van der Waals surface area contributed by atoms with E-state index in [1.165, 1.54) is 23.4 Å². The van der Waals surface area contributed by atoms with E-state index in [9.17, 15) is 4.39 Å². The summed E-state index contributed by atoms with van der Waals surface area (Å²) in [4.78, 5) is 13.9. The fourth-order valence-electron chi connectivity index (χ4n) is 4.20. The third-order valence-corrected chi connectivity index (χ3v) is 5.92. The van der Waals surface area contributed by atoms with Gasteiger partial charge in [0.15, 0.2) is 5.82 Å². The maximum Gasteiger partial charge on any atom is 0.155 e. The van der Waals surface area contributed by atoms with Crippen LogP contribution in [0.3, 0.4) is 0 Å². The van der Waals surface area contributed by atoms with Crippen LogP contribution in [0.1, 0.15) is 30.8 Å². The molecule has 0 aliphatic carbocycles.